The van der Waals surface area contributed by atoms with Gasteiger partial charge in [-0.25, -0.2) is 9.97 Å². The Morgan fingerprint density at radius 2 is 2.05 bits per heavy atom. The minimum Gasteiger partial charge on any atom is -0.397 e. The van der Waals surface area contributed by atoms with Crippen LogP contribution in [0.4, 0.5) is 17.2 Å². The molecule has 0 saturated heterocycles. The molecule has 110 valence electrons. The summed E-state index contributed by atoms with van der Waals surface area (Å²) < 4.78 is 1.02. The zero-order valence-electron chi connectivity index (χ0n) is 11.4. The smallest absolute Gasteiger partial charge is 0.256 e. The van der Waals surface area contributed by atoms with Gasteiger partial charge in [-0.1, -0.05) is 0 Å². The van der Waals surface area contributed by atoms with Gasteiger partial charge in [-0.05, 0) is 50.1 Å². The molecule has 0 unspecified atom stereocenters. The van der Waals surface area contributed by atoms with Gasteiger partial charge in [-0.15, -0.1) is 0 Å². The minimum atomic E-state index is -0.302. The van der Waals surface area contributed by atoms with Gasteiger partial charge in [0.2, 0.25) is 0 Å². The summed E-state index contributed by atoms with van der Waals surface area (Å²) in [6, 6.07) is 5.14. The number of aromatic nitrogens is 2. The van der Waals surface area contributed by atoms with Gasteiger partial charge in [0.05, 0.1) is 17.6 Å². The third-order valence-electron chi connectivity index (χ3n) is 2.70. The second-order valence-electron chi connectivity index (χ2n) is 4.45. The highest BCUT2D eigenvalue weighted by Gasteiger charge is 2.12. The molecule has 6 nitrogen and oxygen atoms in total. The van der Waals surface area contributed by atoms with Gasteiger partial charge in [-0.2, -0.15) is 0 Å². The highest BCUT2D eigenvalue weighted by atomic mass is 79.9. The van der Waals surface area contributed by atoms with Crippen LogP contribution in [0, 0.1) is 0 Å². The number of nitrogens with two attached hydrogens (primary N) is 1. The molecule has 0 fully saturated rings. The lowest BCUT2D eigenvalue weighted by Crippen LogP contribution is -2.16. The number of carbonyl (C=O) groups is 1. The van der Waals surface area contributed by atoms with Gasteiger partial charge in [0, 0.05) is 19.7 Å². The first-order valence-electron chi connectivity index (χ1n) is 5.94. The van der Waals surface area contributed by atoms with Crippen LogP contribution >= 0.6 is 31.9 Å². The molecule has 0 atom stereocenters. The van der Waals surface area contributed by atoms with Crippen LogP contribution in [0.5, 0.6) is 0 Å². The minimum absolute atomic E-state index is 0.302. The van der Waals surface area contributed by atoms with Gasteiger partial charge in [0.25, 0.3) is 5.91 Å². The van der Waals surface area contributed by atoms with Gasteiger partial charge in [0.15, 0.2) is 5.82 Å². The highest BCUT2D eigenvalue weighted by molar-refractivity contribution is 9.11. The van der Waals surface area contributed by atoms with Crippen LogP contribution in [0.25, 0.3) is 0 Å². The predicted octanol–water partition coefficient (Wildman–Crippen LogP) is 2.90. The topological polar surface area (TPSA) is 84.1 Å². The molecule has 0 aliphatic rings. The van der Waals surface area contributed by atoms with Gasteiger partial charge >= 0.3 is 0 Å². The van der Waals surface area contributed by atoms with Crippen molar-refractivity contribution < 1.29 is 4.79 Å². The number of hydrogen-bond donors (Lipinski definition) is 2. The maximum absolute atomic E-state index is 12.2. The van der Waals surface area contributed by atoms with E-state index in [0.29, 0.717) is 26.3 Å². The SMILES string of the molecule is CN(C)c1ccc(C(=O)Nc2ncc(Br)nc2Br)cc1N. The number of hydrogen-bond acceptors (Lipinski definition) is 5. The zero-order chi connectivity index (χ0) is 15.6. The number of benzene rings is 1. The van der Waals surface area contributed by atoms with E-state index >= 15 is 0 Å². The largest absolute Gasteiger partial charge is 0.397 e. The fourth-order valence-corrected chi connectivity index (χ4v) is 2.62. The molecule has 2 aromatic rings. The van der Waals surface area contributed by atoms with Crippen LogP contribution < -0.4 is 16.0 Å². The van der Waals surface area contributed by atoms with E-state index in [2.05, 4.69) is 47.1 Å². The standard InChI is InChI=1S/C13H13Br2N5O/c1-20(2)9-4-3-7(5-8(9)16)13(21)19-12-11(15)18-10(14)6-17-12/h3-6H,16H2,1-2H3,(H,17,19,21). The molecule has 0 spiro atoms. The van der Waals surface area contributed by atoms with E-state index in [-0.39, 0.29) is 5.91 Å². The van der Waals surface area contributed by atoms with E-state index < -0.39 is 0 Å². The molecule has 0 aliphatic carbocycles. The van der Waals surface area contributed by atoms with Crippen LogP contribution in [0.3, 0.4) is 0 Å². The quantitative estimate of drug-likeness (QED) is 0.754. The summed E-state index contributed by atoms with van der Waals surface area (Å²) in [7, 11) is 3.78. The lowest BCUT2D eigenvalue weighted by atomic mass is 10.1. The molecule has 3 N–H and O–H groups in total. The second-order valence-corrected chi connectivity index (χ2v) is 6.02. The summed E-state index contributed by atoms with van der Waals surface area (Å²) in [5.74, 6) is 0.0442. The van der Waals surface area contributed by atoms with Crippen molar-refractivity contribution >= 4 is 55.0 Å². The van der Waals surface area contributed by atoms with Crippen molar-refractivity contribution in [1.82, 2.24) is 9.97 Å². The Bertz CT molecular complexity index is 690. The predicted molar refractivity (Wildman–Crippen MR) is 90.6 cm³/mol. The van der Waals surface area contributed by atoms with Crippen molar-refractivity contribution in [2.24, 2.45) is 0 Å². The van der Waals surface area contributed by atoms with Crippen LogP contribution in [-0.2, 0) is 0 Å². The average molecular weight is 415 g/mol. The Morgan fingerprint density at radius 3 is 2.62 bits per heavy atom. The lowest BCUT2D eigenvalue weighted by Gasteiger charge is -2.15. The summed E-state index contributed by atoms with van der Waals surface area (Å²) in [6.07, 6.45) is 1.50. The number of nitrogens with one attached hydrogen (secondary N) is 1. The molecule has 8 heteroatoms. The van der Waals surface area contributed by atoms with E-state index in [1.54, 1.807) is 18.2 Å². The van der Waals surface area contributed by atoms with Crippen molar-refractivity contribution in [3.63, 3.8) is 0 Å². The van der Waals surface area contributed by atoms with Crippen molar-refractivity contribution in [1.29, 1.82) is 0 Å². The zero-order valence-corrected chi connectivity index (χ0v) is 14.6. The molecular formula is C13H13Br2N5O. The maximum Gasteiger partial charge on any atom is 0.256 e. The summed E-state index contributed by atoms with van der Waals surface area (Å²) in [5, 5.41) is 2.68. The first kappa shape index (κ1) is 15.7. The average Bonchev–Trinajstić information content (AvgIpc) is 2.41. The second kappa shape index (κ2) is 6.40. The molecule has 2 rings (SSSR count). The number of anilines is 3. The first-order valence-corrected chi connectivity index (χ1v) is 7.53. The van der Waals surface area contributed by atoms with Crippen molar-refractivity contribution in [3.05, 3.63) is 39.2 Å². The molecule has 21 heavy (non-hydrogen) atoms. The Kier molecular flexibility index (Phi) is 4.79. The normalized spacial score (nSPS) is 10.3. The van der Waals surface area contributed by atoms with Crippen LogP contribution in [-0.4, -0.2) is 30.0 Å². The lowest BCUT2D eigenvalue weighted by molar-refractivity contribution is 0.102. The number of rotatable bonds is 3. The van der Waals surface area contributed by atoms with E-state index in [1.807, 2.05) is 19.0 Å². The van der Waals surface area contributed by atoms with E-state index in [1.165, 1.54) is 6.20 Å². The number of carbonyl (C=O) groups excluding carboxylic acids is 1. The van der Waals surface area contributed by atoms with Gasteiger partial charge in [-0.3, -0.25) is 4.79 Å². The molecule has 1 amide bonds. The summed E-state index contributed by atoms with van der Waals surface area (Å²) in [6.45, 7) is 0. The Hall–Kier alpha value is -1.67. The third-order valence-corrected chi connectivity index (χ3v) is 3.64. The van der Waals surface area contributed by atoms with E-state index in [0.717, 1.165) is 5.69 Å². The molecule has 1 aromatic heterocycles. The van der Waals surface area contributed by atoms with E-state index in [9.17, 15) is 4.79 Å². The number of nitrogen functional groups attached to an aromatic ring is 1. The summed E-state index contributed by atoms with van der Waals surface area (Å²) in [5.41, 5.74) is 7.78. The van der Waals surface area contributed by atoms with Crippen LogP contribution in [0.2, 0.25) is 0 Å². The number of nitrogens with zero attached hydrogens (tertiary/aromatic N) is 3. The maximum atomic E-state index is 12.2. The van der Waals surface area contributed by atoms with Crippen LogP contribution in [0.1, 0.15) is 10.4 Å². The van der Waals surface area contributed by atoms with Crippen molar-refractivity contribution in [2.75, 3.05) is 30.0 Å². The number of halogens is 2. The fourth-order valence-electron chi connectivity index (χ4n) is 1.71. The summed E-state index contributed by atoms with van der Waals surface area (Å²) >= 11 is 6.44. The molecule has 1 heterocycles. The van der Waals surface area contributed by atoms with E-state index in [4.69, 9.17) is 5.73 Å². The molecular weight excluding hydrogens is 402 g/mol. The van der Waals surface area contributed by atoms with Gasteiger partial charge in [0.1, 0.15) is 9.21 Å². The molecule has 0 saturated carbocycles. The van der Waals surface area contributed by atoms with Gasteiger partial charge < -0.3 is 16.0 Å². The third kappa shape index (κ3) is 3.70. The van der Waals surface area contributed by atoms with Crippen molar-refractivity contribution in [2.45, 2.75) is 0 Å². The Morgan fingerprint density at radius 1 is 1.33 bits per heavy atom. The summed E-state index contributed by atoms with van der Waals surface area (Å²) in [4.78, 5) is 22.3. The van der Waals surface area contributed by atoms with Crippen LogP contribution in [0.15, 0.2) is 33.6 Å². The molecule has 0 aliphatic heterocycles. The monoisotopic (exact) mass is 413 g/mol. The Labute approximate surface area is 139 Å². The first-order chi connectivity index (χ1) is 9.88. The Balaban J connectivity index is 2.22. The molecule has 0 bridgehead atoms. The fraction of sp³-hybridized carbons (Fsp3) is 0.154. The highest BCUT2D eigenvalue weighted by Crippen LogP contribution is 2.24. The molecule has 1 aromatic carbocycles. The van der Waals surface area contributed by atoms with Crippen molar-refractivity contribution in [3.8, 4) is 0 Å². The number of amides is 1. The molecule has 0 radical (unpaired) electrons.